The molecule has 5 N–H and O–H groups in total. The summed E-state index contributed by atoms with van der Waals surface area (Å²) in [6.07, 6.45) is -7.86. The molecule has 16 heteroatoms. The number of halogens is 4. The van der Waals surface area contributed by atoms with Crippen molar-refractivity contribution in [1.82, 2.24) is 10.2 Å². The Hall–Kier alpha value is -5.67. The molecule has 0 bridgehead atoms. The highest BCUT2D eigenvalue weighted by Gasteiger charge is 2.59. The Kier molecular flexibility index (Phi) is 8.53. The van der Waals surface area contributed by atoms with Crippen molar-refractivity contribution in [2.24, 2.45) is 0 Å². The second kappa shape index (κ2) is 12.3. The molecule has 246 valence electrons. The molecule has 0 aromatic heterocycles. The first-order valence-electron chi connectivity index (χ1n) is 14.1. The molecular weight excluding hydrogens is 630 g/mol. The van der Waals surface area contributed by atoms with Gasteiger partial charge >= 0.3 is 24.4 Å². The van der Waals surface area contributed by atoms with Gasteiger partial charge in [-0.2, -0.15) is 13.2 Å². The van der Waals surface area contributed by atoms with Crippen LogP contribution in [0.25, 0.3) is 0 Å². The van der Waals surface area contributed by atoms with Gasteiger partial charge in [-0.3, -0.25) is 14.9 Å². The molecule has 12 nitrogen and oxygen atoms in total. The van der Waals surface area contributed by atoms with Crippen molar-refractivity contribution in [3.05, 3.63) is 89.2 Å². The average molecular weight is 658 g/mol. The van der Waals surface area contributed by atoms with Crippen molar-refractivity contribution in [2.45, 2.75) is 43.5 Å². The summed E-state index contributed by atoms with van der Waals surface area (Å²) in [5, 5.41) is 18.0. The van der Waals surface area contributed by atoms with Crippen molar-refractivity contribution >= 4 is 47.1 Å². The molecule has 1 saturated heterocycles. The number of hydrogen-bond acceptors (Lipinski definition) is 6. The van der Waals surface area contributed by atoms with Crippen LogP contribution in [0.2, 0.25) is 0 Å². The van der Waals surface area contributed by atoms with Crippen LogP contribution in [0, 0.1) is 5.82 Å². The average Bonchev–Trinajstić information content (AvgIpc) is 3.46. The van der Waals surface area contributed by atoms with Gasteiger partial charge in [0.1, 0.15) is 17.9 Å². The predicted molar refractivity (Wildman–Crippen MR) is 158 cm³/mol. The van der Waals surface area contributed by atoms with E-state index >= 15 is 0 Å². The number of benzene rings is 3. The summed E-state index contributed by atoms with van der Waals surface area (Å²) in [7, 11) is 0. The van der Waals surface area contributed by atoms with Crippen molar-refractivity contribution in [3.8, 4) is 0 Å². The maximum absolute atomic E-state index is 14.1. The first-order chi connectivity index (χ1) is 22.1. The standard InChI is InChI=1S/C31H27F4N5O7/c1-29(31(33,34)35,15-17-2-4-19(32)5-3-17)39-24(41)16-40-25(42)30(47-28(40)46)13-12-18-14-22(10-11-23(18)30)37-26(43)36-20-6-8-21(9-7-20)38-27(44)45/h2-11,14,38H,12-13,15-16H2,1H3,(H,39,41)(H,44,45)(H2,36,37,43)/t29-,30+/m0/s1. The molecule has 5 rings (SSSR count). The molecule has 1 fully saturated rings. The number of carboxylic acid groups (broad SMARTS) is 1. The predicted octanol–water partition coefficient (Wildman–Crippen LogP) is 5.36. The number of hydrogen-bond donors (Lipinski definition) is 5. The fourth-order valence-corrected chi connectivity index (χ4v) is 5.50. The van der Waals surface area contributed by atoms with Gasteiger partial charge in [-0.05, 0) is 73.0 Å². The number of fused-ring (bicyclic) bond motifs is 2. The number of rotatable bonds is 8. The summed E-state index contributed by atoms with van der Waals surface area (Å²) in [6.45, 7) is -0.286. The van der Waals surface area contributed by atoms with E-state index in [4.69, 9.17) is 9.84 Å². The lowest BCUT2D eigenvalue weighted by Gasteiger charge is -2.33. The SMILES string of the molecule is C[C@@](Cc1ccc(F)cc1)(NC(=O)CN1C(=O)O[C@@]2(CCc3cc(NC(=O)Nc4ccc(NC(=O)O)cc4)ccc32)C1=O)C(F)(F)F. The third kappa shape index (κ3) is 6.80. The van der Waals surface area contributed by atoms with Gasteiger partial charge in [-0.25, -0.2) is 23.7 Å². The fourth-order valence-electron chi connectivity index (χ4n) is 5.50. The van der Waals surface area contributed by atoms with Gasteiger partial charge in [0.05, 0.1) is 0 Å². The third-order valence-corrected chi connectivity index (χ3v) is 7.82. The minimum Gasteiger partial charge on any atom is -0.465 e. The molecule has 0 radical (unpaired) electrons. The Labute approximate surface area is 264 Å². The van der Waals surface area contributed by atoms with Gasteiger partial charge in [0.25, 0.3) is 5.91 Å². The van der Waals surface area contributed by atoms with E-state index in [9.17, 15) is 41.5 Å². The molecule has 47 heavy (non-hydrogen) atoms. The molecule has 3 aromatic carbocycles. The molecule has 1 heterocycles. The van der Waals surface area contributed by atoms with Gasteiger partial charge in [-0.15, -0.1) is 0 Å². The number of nitrogens with zero attached hydrogens (tertiary/aromatic N) is 1. The lowest BCUT2D eigenvalue weighted by molar-refractivity contribution is -0.193. The Morgan fingerprint density at radius 3 is 2.13 bits per heavy atom. The fraction of sp³-hybridized carbons (Fsp3) is 0.258. The topological polar surface area (TPSA) is 166 Å². The number of urea groups is 1. The molecule has 0 unspecified atom stereocenters. The van der Waals surface area contributed by atoms with Gasteiger partial charge in [0.2, 0.25) is 11.5 Å². The van der Waals surface area contributed by atoms with Gasteiger partial charge < -0.3 is 25.8 Å². The van der Waals surface area contributed by atoms with E-state index < -0.39 is 66.1 Å². The molecule has 1 spiro atoms. The zero-order valence-corrected chi connectivity index (χ0v) is 24.5. The Balaban J connectivity index is 1.24. The molecule has 2 atom stereocenters. The zero-order chi connectivity index (χ0) is 34.1. The van der Waals surface area contributed by atoms with Crippen LogP contribution in [0.5, 0.6) is 0 Å². The van der Waals surface area contributed by atoms with Crippen LogP contribution >= 0.6 is 0 Å². The molecule has 1 aliphatic carbocycles. The number of aryl methyl sites for hydroxylation is 1. The van der Waals surface area contributed by atoms with E-state index in [0.29, 0.717) is 33.1 Å². The van der Waals surface area contributed by atoms with E-state index in [0.717, 1.165) is 31.2 Å². The van der Waals surface area contributed by atoms with Gasteiger partial charge in [-0.1, -0.05) is 18.2 Å². The van der Waals surface area contributed by atoms with Crippen LogP contribution in [-0.4, -0.2) is 58.3 Å². The summed E-state index contributed by atoms with van der Waals surface area (Å²) < 4.78 is 60.9. The van der Waals surface area contributed by atoms with E-state index in [1.54, 1.807) is 6.07 Å². The van der Waals surface area contributed by atoms with Crippen LogP contribution in [0.4, 0.5) is 49.0 Å². The maximum Gasteiger partial charge on any atom is 0.418 e. The Morgan fingerprint density at radius 1 is 0.915 bits per heavy atom. The zero-order valence-electron chi connectivity index (χ0n) is 24.5. The Morgan fingerprint density at radius 2 is 1.51 bits per heavy atom. The molecule has 0 saturated carbocycles. The first kappa shape index (κ1) is 32.7. The third-order valence-electron chi connectivity index (χ3n) is 7.82. The van der Waals surface area contributed by atoms with Crippen molar-refractivity contribution in [3.63, 3.8) is 0 Å². The van der Waals surface area contributed by atoms with E-state index in [2.05, 4.69) is 16.0 Å². The quantitative estimate of drug-likeness (QED) is 0.204. The monoisotopic (exact) mass is 657 g/mol. The smallest absolute Gasteiger partial charge is 0.418 e. The molecule has 2 aliphatic rings. The minimum atomic E-state index is -4.94. The molecule has 1 aliphatic heterocycles. The van der Waals surface area contributed by atoms with Gasteiger partial charge in [0, 0.05) is 35.5 Å². The number of amides is 6. The first-order valence-corrected chi connectivity index (χ1v) is 14.1. The van der Waals surface area contributed by atoms with Crippen molar-refractivity contribution in [1.29, 1.82) is 0 Å². The number of imide groups is 1. The van der Waals surface area contributed by atoms with Gasteiger partial charge in [0.15, 0.2) is 0 Å². The second-order valence-electron chi connectivity index (χ2n) is 11.2. The summed E-state index contributed by atoms with van der Waals surface area (Å²) >= 11 is 0. The van der Waals surface area contributed by atoms with Crippen LogP contribution in [0.3, 0.4) is 0 Å². The number of ether oxygens (including phenoxy) is 1. The molecular formula is C31H27F4N5O7. The van der Waals surface area contributed by atoms with Crippen LogP contribution < -0.4 is 21.3 Å². The summed E-state index contributed by atoms with van der Waals surface area (Å²) in [4.78, 5) is 62.8. The number of carbonyl (C=O) groups is 5. The van der Waals surface area contributed by atoms with E-state index in [1.165, 1.54) is 36.4 Å². The number of carbonyl (C=O) groups excluding carboxylic acids is 4. The van der Waals surface area contributed by atoms with E-state index in [-0.39, 0.29) is 18.4 Å². The summed E-state index contributed by atoms with van der Waals surface area (Å²) in [6, 6.07) is 14.1. The van der Waals surface area contributed by atoms with Crippen molar-refractivity contribution in [2.75, 3.05) is 22.5 Å². The summed E-state index contributed by atoms with van der Waals surface area (Å²) in [5.74, 6) is -2.82. The number of anilines is 3. The minimum absolute atomic E-state index is 0.00222. The highest BCUT2D eigenvalue weighted by atomic mass is 19.4. The second-order valence-corrected chi connectivity index (χ2v) is 11.2. The molecule has 6 amide bonds. The lowest BCUT2D eigenvalue weighted by atomic mass is 9.91. The number of alkyl halides is 3. The lowest BCUT2D eigenvalue weighted by Crippen LogP contribution is -2.60. The highest BCUT2D eigenvalue weighted by Crippen LogP contribution is 2.46. The van der Waals surface area contributed by atoms with Crippen molar-refractivity contribution < 1.29 is 51.4 Å². The Bertz CT molecular complexity index is 1750. The largest absolute Gasteiger partial charge is 0.465 e. The van der Waals surface area contributed by atoms with E-state index in [1.807, 2.05) is 5.32 Å². The van der Waals surface area contributed by atoms with Crippen LogP contribution in [0.1, 0.15) is 30.0 Å². The highest BCUT2D eigenvalue weighted by molar-refractivity contribution is 6.06. The maximum atomic E-state index is 14.1. The molecule has 3 aromatic rings. The van der Waals surface area contributed by atoms with Crippen LogP contribution in [0.15, 0.2) is 66.7 Å². The normalized spacial score (nSPS) is 18.3. The number of nitrogens with one attached hydrogen (secondary N) is 4. The summed E-state index contributed by atoms with van der Waals surface area (Å²) in [5.41, 5.74) is -2.62. The van der Waals surface area contributed by atoms with Crippen LogP contribution in [-0.2, 0) is 32.8 Å².